The summed E-state index contributed by atoms with van der Waals surface area (Å²) in [6.45, 7) is 0. The molecule has 0 fully saturated rings. The average Bonchev–Trinajstić information content (AvgIpc) is 2.08. The fraction of sp³-hybridized carbons (Fsp3) is 0.125. The lowest BCUT2D eigenvalue weighted by Crippen LogP contribution is -2.22. The van der Waals surface area contributed by atoms with E-state index in [9.17, 15) is 17.6 Å². The van der Waals surface area contributed by atoms with Gasteiger partial charge in [-0.2, -0.15) is 0 Å². The largest absolute Gasteiger partial charge is 0.505 e. The second kappa shape index (κ2) is 4.35. The molecule has 6 nitrogen and oxygen atoms in total. The second-order valence-corrected chi connectivity index (χ2v) is 4.64. The number of phenolic OH excluding ortho intramolecular Hbond substituents is 1. The van der Waals surface area contributed by atoms with Gasteiger partial charge >= 0.3 is 5.97 Å². The number of benzene rings is 1. The molecule has 1 aromatic rings. The summed E-state index contributed by atoms with van der Waals surface area (Å²) >= 11 is 0. The number of hydrogen-bond acceptors (Lipinski definition) is 4. The molecular weight excluding hydrogens is 241 g/mol. The molecular formula is C8H8FNO5S. The lowest BCUT2D eigenvalue weighted by Gasteiger charge is -2.06. The third kappa shape index (κ3) is 3.39. The number of aliphatic carboxylic acids is 1. The van der Waals surface area contributed by atoms with E-state index < -0.39 is 33.3 Å². The quantitative estimate of drug-likeness (QED) is 0.668. The van der Waals surface area contributed by atoms with Gasteiger partial charge < -0.3 is 10.2 Å². The van der Waals surface area contributed by atoms with Gasteiger partial charge in [0, 0.05) is 6.07 Å². The Morgan fingerprint density at radius 1 is 1.44 bits per heavy atom. The number of sulfonamides is 1. The van der Waals surface area contributed by atoms with Gasteiger partial charge in [-0.05, 0) is 12.1 Å². The molecule has 8 heteroatoms. The van der Waals surface area contributed by atoms with Crippen molar-refractivity contribution >= 4 is 21.7 Å². The summed E-state index contributed by atoms with van der Waals surface area (Å²) in [5, 5.41) is 17.1. The van der Waals surface area contributed by atoms with Gasteiger partial charge in [-0.1, -0.05) is 0 Å². The summed E-state index contributed by atoms with van der Waals surface area (Å²) in [5.74, 6) is -4.27. The molecule has 88 valence electrons. The van der Waals surface area contributed by atoms with Crippen LogP contribution in [0, 0.1) is 5.82 Å². The van der Waals surface area contributed by atoms with E-state index in [1.165, 1.54) is 0 Å². The van der Waals surface area contributed by atoms with E-state index in [1.54, 1.807) is 0 Å². The number of carboxylic acids is 1. The first-order valence-corrected chi connectivity index (χ1v) is 5.66. The zero-order valence-corrected chi connectivity index (χ0v) is 8.66. The van der Waals surface area contributed by atoms with Crippen molar-refractivity contribution in [3.8, 4) is 5.75 Å². The van der Waals surface area contributed by atoms with E-state index in [2.05, 4.69) is 0 Å². The SMILES string of the molecule is O=C(O)CS(=O)(=O)Nc1ccc(O)c(F)c1. The van der Waals surface area contributed by atoms with E-state index in [0.29, 0.717) is 0 Å². The molecule has 0 aliphatic heterocycles. The zero-order chi connectivity index (χ0) is 12.3. The lowest BCUT2D eigenvalue weighted by molar-refractivity contribution is -0.134. The number of hydrogen-bond donors (Lipinski definition) is 3. The summed E-state index contributed by atoms with van der Waals surface area (Å²) in [5.41, 5.74) is -0.156. The smallest absolute Gasteiger partial charge is 0.320 e. The molecule has 0 heterocycles. The third-order valence-corrected chi connectivity index (χ3v) is 2.71. The van der Waals surface area contributed by atoms with E-state index in [4.69, 9.17) is 10.2 Å². The van der Waals surface area contributed by atoms with Gasteiger partial charge in [-0.15, -0.1) is 0 Å². The number of carboxylic acid groups (broad SMARTS) is 1. The fourth-order valence-corrected chi connectivity index (χ4v) is 1.83. The standard InChI is InChI=1S/C8H8FNO5S/c9-6-3-5(1-2-7(6)11)10-16(14,15)4-8(12)13/h1-3,10-11H,4H2,(H,12,13). The summed E-state index contributed by atoms with van der Waals surface area (Å²) < 4.78 is 36.9. The molecule has 0 unspecified atom stereocenters. The van der Waals surface area contributed by atoms with E-state index in [-0.39, 0.29) is 5.69 Å². The Balaban J connectivity index is 2.88. The molecule has 16 heavy (non-hydrogen) atoms. The van der Waals surface area contributed by atoms with Crippen LogP contribution in [0.5, 0.6) is 5.75 Å². The van der Waals surface area contributed by atoms with Crippen LogP contribution in [0.15, 0.2) is 18.2 Å². The minimum Gasteiger partial charge on any atom is -0.505 e. The van der Waals surface area contributed by atoms with Gasteiger partial charge in [0.15, 0.2) is 17.3 Å². The Labute approximate surface area is 90.4 Å². The first-order valence-electron chi connectivity index (χ1n) is 4.01. The number of halogens is 1. The van der Waals surface area contributed by atoms with E-state index in [0.717, 1.165) is 18.2 Å². The highest BCUT2D eigenvalue weighted by molar-refractivity contribution is 7.93. The second-order valence-electron chi connectivity index (χ2n) is 2.92. The molecule has 0 aromatic heterocycles. The molecule has 0 spiro atoms. The number of rotatable bonds is 4. The number of phenols is 1. The molecule has 1 aromatic carbocycles. The monoisotopic (exact) mass is 249 g/mol. The van der Waals surface area contributed by atoms with E-state index >= 15 is 0 Å². The van der Waals surface area contributed by atoms with Gasteiger partial charge in [0.25, 0.3) is 0 Å². The molecule has 3 N–H and O–H groups in total. The van der Waals surface area contributed by atoms with Gasteiger partial charge in [-0.25, -0.2) is 12.8 Å². The van der Waals surface area contributed by atoms with Crippen LogP contribution >= 0.6 is 0 Å². The predicted octanol–water partition coefficient (Wildman–Crippen LogP) is 0.358. The Bertz CT molecular complexity index is 513. The van der Waals surface area contributed by atoms with Gasteiger partial charge in [0.05, 0.1) is 5.69 Å². The number of nitrogens with one attached hydrogen (secondary N) is 1. The van der Waals surface area contributed by atoms with Gasteiger partial charge in [-0.3, -0.25) is 9.52 Å². The molecule has 0 bridgehead atoms. The van der Waals surface area contributed by atoms with Crippen molar-refractivity contribution in [3.63, 3.8) is 0 Å². The van der Waals surface area contributed by atoms with Crippen LogP contribution in [0.2, 0.25) is 0 Å². The van der Waals surface area contributed by atoms with Crippen molar-refractivity contribution in [1.82, 2.24) is 0 Å². The molecule has 0 atom stereocenters. The van der Waals surface area contributed by atoms with E-state index in [1.807, 2.05) is 4.72 Å². The molecule has 0 saturated carbocycles. The van der Waals surface area contributed by atoms with Crippen molar-refractivity contribution in [3.05, 3.63) is 24.0 Å². The van der Waals surface area contributed by atoms with Crippen LogP contribution in [0.4, 0.5) is 10.1 Å². The normalized spacial score (nSPS) is 11.1. The van der Waals surface area contributed by atoms with Crippen molar-refractivity contribution in [2.75, 3.05) is 10.5 Å². The molecule has 0 aliphatic carbocycles. The molecule has 0 radical (unpaired) electrons. The summed E-state index contributed by atoms with van der Waals surface area (Å²) in [6, 6.07) is 2.81. The molecule has 1 rings (SSSR count). The van der Waals surface area contributed by atoms with Crippen LogP contribution in [0.3, 0.4) is 0 Å². The molecule has 0 saturated heterocycles. The molecule has 0 aliphatic rings. The summed E-state index contributed by atoms with van der Waals surface area (Å²) in [7, 11) is -4.06. The maximum atomic E-state index is 12.8. The Kier molecular flexibility index (Phi) is 3.33. The minimum atomic E-state index is -4.06. The Hall–Kier alpha value is -1.83. The van der Waals surface area contributed by atoms with Crippen LogP contribution in [-0.4, -0.2) is 30.4 Å². The summed E-state index contributed by atoms with van der Waals surface area (Å²) in [6.07, 6.45) is 0. The highest BCUT2D eigenvalue weighted by atomic mass is 32.2. The fourth-order valence-electron chi connectivity index (χ4n) is 0.949. The van der Waals surface area contributed by atoms with Crippen molar-refractivity contribution in [2.45, 2.75) is 0 Å². The molecule has 0 amide bonds. The van der Waals surface area contributed by atoms with Crippen LogP contribution in [0.25, 0.3) is 0 Å². The maximum Gasteiger partial charge on any atom is 0.320 e. The lowest BCUT2D eigenvalue weighted by atomic mass is 10.3. The van der Waals surface area contributed by atoms with Crippen molar-refractivity contribution < 1.29 is 27.8 Å². The van der Waals surface area contributed by atoms with Crippen molar-refractivity contribution in [1.29, 1.82) is 0 Å². The summed E-state index contributed by atoms with van der Waals surface area (Å²) in [4.78, 5) is 10.2. The first kappa shape index (κ1) is 12.2. The number of aromatic hydroxyl groups is 1. The highest BCUT2D eigenvalue weighted by Crippen LogP contribution is 2.20. The Morgan fingerprint density at radius 3 is 2.56 bits per heavy atom. The third-order valence-electron chi connectivity index (χ3n) is 1.53. The number of carbonyl (C=O) groups is 1. The predicted molar refractivity (Wildman–Crippen MR) is 53.1 cm³/mol. The van der Waals surface area contributed by atoms with Gasteiger partial charge in [0.1, 0.15) is 0 Å². The minimum absolute atomic E-state index is 0.156. The van der Waals surface area contributed by atoms with Gasteiger partial charge in [0.2, 0.25) is 10.0 Å². The number of anilines is 1. The zero-order valence-electron chi connectivity index (χ0n) is 7.84. The van der Waals surface area contributed by atoms with Crippen molar-refractivity contribution in [2.24, 2.45) is 0 Å². The van der Waals surface area contributed by atoms with Crippen LogP contribution in [0.1, 0.15) is 0 Å². The Morgan fingerprint density at radius 2 is 2.06 bits per heavy atom. The highest BCUT2D eigenvalue weighted by Gasteiger charge is 2.16. The first-order chi connectivity index (χ1) is 7.30. The van der Waals surface area contributed by atoms with Crippen LogP contribution in [-0.2, 0) is 14.8 Å². The maximum absolute atomic E-state index is 12.8. The average molecular weight is 249 g/mol. The van der Waals surface area contributed by atoms with Crippen LogP contribution < -0.4 is 4.72 Å². The topological polar surface area (TPSA) is 104 Å².